The summed E-state index contributed by atoms with van der Waals surface area (Å²) < 4.78 is 18.7. The zero-order valence-corrected chi connectivity index (χ0v) is 10.8. The average molecular weight is 254 g/mol. The molecule has 1 aromatic rings. The number of rotatable bonds is 6. The van der Waals surface area contributed by atoms with Crippen LogP contribution in [0.1, 0.15) is 25.3 Å². The number of hydrogen-bond acceptors (Lipinski definition) is 3. The standard InChI is InChI=1S/C13H19FN2O2/c1-3-7-18-8-6-12(17)16-13-9(2)11(15)5-4-10(13)14/h4-5H,3,6-8,15H2,1-2H3,(H,16,17). The van der Waals surface area contributed by atoms with Crippen molar-refractivity contribution in [3.05, 3.63) is 23.5 Å². The van der Waals surface area contributed by atoms with Gasteiger partial charge in [-0.1, -0.05) is 6.92 Å². The number of hydrogen-bond donors (Lipinski definition) is 2. The molecule has 0 heterocycles. The maximum Gasteiger partial charge on any atom is 0.226 e. The lowest BCUT2D eigenvalue weighted by atomic mass is 10.1. The van der Waals surface area contributed by atoms with Crippen LogP contribution in [0, 0.1) is 12.7 Å². The van der Waals surface area contributed by atoms with Crippen molar-refractivity contribution in [2.24, 2.45) is 0 Å². The summed E-state index contributed by atoms with van der Waals surface area (Å²) in [6, 6.07) is 2.72. The zero-order valence-electron chi connectivity index (χ0n) is 10.8. The van der Waals surface area contributed by atoms with E-state index in [4.69, 9.17) is 10.5 Å². The highest BCUT2D eigenvalue weighted by Gasteiger charge is 2.11. The van der Waals surface area contributed by atoms with Gasteiger partial charge in [-0.15, -0.1) is 0 Å². The van der Waals surface area contributed by atoms with E-state index in [1.54, 1.807) is 6.92 Å². The largest absolute Gasteiger partial charge is 0.398 e. The summed E-state index contributed by atoms with van der Waals surface area (Å²) in [7, 11) is 0. The van der Waals surface area contributed by atoms with E-state index in [0.717, 1.165) is 6.42 Å². The van der Waals surface area contributed by atoms with Gasteiger partial charge in [0.15, 0.2) is 0 Å². The van der Waals surface area contributed by atoms with Gasteiger partial charge in [-0.3, -0.25) is 4.79 Å². The second-order valence-electron chi connectivity index (χ2n) is 4.05. The third kappa shape index (κ3) is 4.00. The number of anilines is 2. The summed E-state index contributed by atoms with van der Waals surface area (Å²) in [5.41, 5.74) is 6.80. The lowest BCUT2D eigenvalue weighted by Gasteiger charge is -2.11. The molecule has 0 aromatic heterocycles. The molecule has 100 valence electrons. The highest BCUT2D eigenvalue weighted by atomic mass is 19.1. The van der Waals surface area contributed by atoms with E-state index in [9.17, 15) is 9.18 Å². The molecule has 0 fully saturated rings. The Bertz CT molecular complexity index is 422. The molecule has 4 nitrogen and oxygen atoms in total. The number of nitrogens with two attached hydrogens (primary N) is 1. The fraction of sp³-hybridized carbons (Fsp3) is 0.462. The predicted molar refractivity (Wildman–Crippen MR) is 69.9 cm³/mol. The normalized spacial score (nSPS) is 10.4. The molecule has 0 atom stereocenters. The molecule has 0 bridgehead atoms. The van der Waals surface area contributed by atoms with Crippen LogP contribution in [0.15, 0.2) is 12.1 Å². The highest BCUT2D eigenvalue weighted by Crippen LogP contribution is 2.24. The summed E-state index contributed by atoms with van der Waals surface area (Å²) in [6.45, 7) is 4.62. The zero-order chi connectivity index (χ0) is 13.5. The van der Waals surface area contributed by atoms with Gasteiger partial charge in [-0.2, -0.15) is 0 Å². The smallest absolute Gasteiger partial charge is 0.226 e. The highest BCUT2D eigenvalue weighted by molar-refractivity contribution is 5.92. The third-order valence-corrected chi connectivity index (χ3v) is 2.54. The van der Waals surface area contributed by atoms with Gasteiger partial charge >= 0.3 is 0 Å². The van der Waals surface area contributed by atoms with Crippen LogP contribution in [0.25, 0.3) is 0 Å². The van der Waals surface area contributed by atoms with Crippen LogP contribution < -0.4 is 11.1 Å². The Morgan fingerprint density at radius 2 is 2.17 bits per heavy atom. The first-order valence-corrected chi connectivity index (χ1v) is 5.98. The maximum atomic E-state index is 13.5. The molecule has 0 aliphatic rings. The molecule has 0 unspecified atom stereocenters. The van der Waals surface area contributed by atoms with Crippen LogP contribution in [-0.2, 0) is 9.53 Å². The minimum atomic E-state index is -0.482. The lowest BCUT2D eigenvalue weighted by molar-refractivity contribution is -0.117. The Labute approximate surface area is 106 Å². The Balaban J connectivity index is 2.57. The van der Waals surface area contributed by atoms with Gasteiger partial charge in [0, 0.05) is 12.3 Å². The average Bonchev–Trinajstić information content (AvgIpc) is 2.35. The quantitative estimate of drug-likeness (QED) is 0.605. The molecule has 0 aliphatic heterocycles. The topological polar surface area (TPSA) is 64.3 Å². The van der Waals surface area contributed by atoms with E-state index in [0.29, 0.717) is 24.5 Å². The number of ether oxygens (including phenoxy) is 1. The second-order valence-corrected chi connectivity index (χ2v) is 4.05. The molecule has 0 radical (unpaired) electrons. The minimum Gasteiger partial charge on any atom is -0.398 e. The maximum absolute atomic E-state index is 13.5. The first-order valence-electron chi connectivity index (χ1n) is 5.98. The van der Waals surface area contributed by atoms with E-state index in [1.807, 2.05) is 6.92 Å². The van der Waals surface area contributed by atoms with Crippen molar-refractivity contribution in [2.45, 2.75) is 26.7 Å². The molecule has 1 aromatic carbocycles. The van der Waals surface area contributed by atoms with Gasteiger partial charge in [-0.05, 0) is 31.0 Å². The van der Waals surface area contributed by atoms with E-state index in [1.165, 1.54) is 12.1 Å². The van der Waals surface area contributed by atoms with Crippen molar-refractivity contribution < 1.29 is 13.9 Å². The molecule has 0 aliphatic carbocycles. The molecule has 3 N–H and O–H groups in total. The van der Waals surface area contributed by atoms with Crippen LogP contribution in [0.3, 0.4) is 0 Å². The van der Waals surface area contributed by atoms with Gasteiger partial charge in [0.25, 0.3) is 0 Å². The summed E-state index contributed by atoms with van der Waals surface area (Å²) in [5.74, 6) is -0.761. The van der Waals surface area contributed by atoms with Gasteiger partial charge < -0.3 is 15.8 Å². The molecule has 5 heteroatoms. The number of nitrogen functional groups attached to an aromatic ring is 1. The van der Waals surface area contributed by atoms with Crippen molar-refractivity contribution in [3.63, 3.8) is 0 Å². The van der Waals surface area contributed by atoms with Crippen molar-refractivity contribution in [3.8, 4) is 0 Å². The Hall–Kier alpha value is -1.62. The van der Waals surface area contributed by atoms with Gasteiger partial charge in [0.2, 0.25) is 5.91 Å². The number of nitrogens with one attached hydrogen (secondary N) is 1. The number of carbonyl (C=O) groups excluding carboxylic acids is 1. The third-order valence-electron chi connectivity index (χ3n) is 2.54. The lowest BCUT2D eigenvalue weighted by Crippen LogP contribution is -2.16. The number of benzene rings is 1. The molecular weight excluding hydrogens is 235 g/mol. The summed E-state index contributed by atoms with van der Waals surface area (Å²) in [6.07, 6.45) is 1.11. The van der Waals surface area contributed by atoms with Crippen molar-refractivity contribution in [1.82, 2.24) is 0 Å². The molecule has 1 amide bonds. The number of carbonyl (C=O) groups is 1. The van der Waals surface area contributed by atoms with Gasteiger partial charge in [0.1, 0.15) is 5.82 Å². The Kier molecular flexibility index (Phi) is 5.58. The molecule has 0 saturated heterocycles. The number of halogens is 1. The molecular formula is C13H19FN2O2. The van der Waals surface area contributed by atoms with E-state index in [-0.39, 0.29) is 18.0 Å². The molecule has 0 spiro atoms. The van der Waals surface area contributed by atoms with Crippen molar-refractivity contribution in [2.75, 3.05) is 24.3 Å². The summed E-state index contributed by atoms with van der Waals surface area (Å²) in [4.78, 5) is 11.6. The molecule has 1 rings (SSSR count). The van der Waals surface area contributed by atoms with Crippen LogP contribution in [0.2, 0.25) is 0 Å². The summed E-state index contributed by atoms with van der Waals surface area (Å²) >= 11 is 0. The van der Waals surface area contributed by atoms with Crippen molar-refractivity contribution >= 4 is 17.3 Å². The monoisotopic (exact) mass is 254 g/mol. The Morgan fingerprint density at radius 3 is 2.83 bits per heavy atom. The fourth-order valence-corrected chi connectivity index (χ4v) is 1.46. The summed E-state index contributed by atoms with van der Waals surface area (Å²) in [5, 5.41) is 2.52. The fourth-order valence-electron chi connectivity index (χ4n) is 1.46. The van der Waals surface area contributed by atoms with E-state index < -0.39 is 5.82 Å². The van der Waals surface area contributed by atoms with Gasteiger partial charge in [-0.25, -0.2) is 4.39 Å². The predicted octanol–water partition coefficient (Wildman–Crippen LogP) is 2.47. The SMILES string of the molecule is CCCOCCC(=O)Nc1c(F)ccc(N)c1C. The number of amides is 1. The van der Waals surface area contributed by atoms with Crippen LogP contribution in [-0.4, -0.2) is 19.1 Å². The van der Waals surface area contributed by atoms with Crippen LogP contribution in [0.4, 0.5) is 15.8 Å². The van der Waals surface area contributed by atoms with Crippen LogP contribution >= 0.6 is 0 Å². The minimum absolute atomic E-state index is 0.149. The molecule has 18 heavy (non-hydrogen) atoms. The van der Waals surface area contributed by atoms with E-state index in [2.05, 4.69) is 5.32 Å². The second kappa shape index (κ2) is 6.96. The van der Waals surface area contributed by atoms with Crippen LogP contribution in [0.5, 0.6) is 0 Å². The first-order chi connectivity index (χ1) is 8.56. The Morgan fingerprint density at radius 1 is 1.44 bits per heavy atom. The van der Waals surface area contributed by atoms with Gasteiger partial charge in [0.05, 0.1) is 18.7 Å². The molecule has 0 saturated carbocycles. The van der Waals surface area contributed by atoms with Crippen molar-refractivity contribution in [1.29, 1.82) is 0 Å². The van der Waals surface area contributed by atoms with E-state index >= 15 is 0 Å². The first kappa shape index (κ1) is 14.4.